The lowest BCUT2D eigenvalue weighted by atomic mass is 10.0. The summed E-state index contributed by atoms with van der Waals surface area (Å²) in [5.74, 6) is 1.55. The molecule has 1 aromatic carbocycles. The van der Waals surface area contributed by atoms with Gasteiger partial charge in [0.2, 0.25) is 0 Å². The molecule has 1 unspecified atom stereocenters. The second-order valence-electron chi connectivity index (χ2n) is 5.00. The monoisotopic (exact) mass is 295 g/mol. The molecule has 0 bridgehead atoms. The third-order valence-electron chi connectivity index (χ3n) is 3.42. The molecule has 0 aromatic heterocycles. The van der Waals surface area contributed by atoms with Crippen molar-refractivity contribution in [1.29, 1.82) is 0 Å². The molecule has 0 heterocycles. The Balaban J connectivity index is 2.51. The molecule has 0 amide bonds. The van der Waals surface area contributed by atoms with Crippen LogP contribution in [-0.4, -0.2) is 34.0 Å². The van der Waals surface area contributed by atoms with Crippen molar-refractivity contribution in [2.75, 3.05) is 34.0 Å². The third kappa shape index (κ3) is 5.94. The van der Waals surface area contributed by atoms with Crippen LogP contribution in [0.1, 0.15) is 44.7 Å². The molecule has 0 saturated carbocycles. The van der Waals surface area contributed by atoms with Crippen molar-refractivity contribution in [3.05, 3.63) is 23.8 Å². The van der Waals surface area contributed by atoms with Crippen LogP contribution < -0.4 is 14.8 Å². The van der Waals surface area contributed by atoms with Crippen LogP contribution in [0.4, 0.5) is 0 Å². The molecular weight excluding hydrogens is 266 g/mol. The molecule has 4 heteroatoms. The van der Waals surface area contributed by atoms with E-state index in [0.717, 1.165) is 50.5 Å². The zero-order valence-electron chi connectivity index (χ0n) is 13.8. The van der Waals surface area contributed by atoms with E-state index < -0.39 is 0 Å². The Morgan fingerprint density at radius 1 is 1.05 bits per heavy atom. The van der Waals surface area contributed by atoms with Gasteiger partial charge in [0.15, 0.2) is 11.5 Å². The number of hydrogen-bond acceptors (Lipinski definition) is 4. The van der Waals surface area contributed by atoms with Gasteiger partial charge in [0.25, 0.3) is 0 Å². The van der Waals surface area contributed by atoms with Gasteiger partial charge in [-0.2, -0.15) is 0 Å². The van der Waals surface area contributed by atoms with Gasteiger partial charge in [-0.1, -0.05) is 19.9 Å². The Labute approximate surface area is 128 Å². The summed E-state index contributed by atoms with van der Waals surface area (Å²) in [6.07, 6.45) is 3.14. The highest BCUT2D eigenvalue weighted by Gasteiger charge is 2.12. The van der Waals surface area contributed by atoms with Crippen LogP contribution in [0.3, 0.4) is 0 Å². The highest BCUT2D eigenvalue weighted by atomic mass is 16.5. The Morgan fingerprint density at radius 2 is 1.81 bits per heavy atom. The minimum absolute atomic E-state index is 0.330. The zero-order valence-corrected chi connectivity index (χ0v) is 13.8. The summed E-state index contributed by atoms with van der Waals surface area (Å²) in [4.78, 5) is 0. The number of methoxy groups -OCH3 is 2. The molecule has 0 fully saturated rings. The van der Waals surface area contributed by atoms with Crippen LogP contribution in [0.5, 0.6) is 11.5 Å². The van der Waals surface area contributed by atoms with Crippen molar-refractivity contribution in [1.82, 2.24) is 5.32 Å². The van der Waals surface area contributed by atoms with Gasteiger partial charge in [-0.15, -0.1) is 0 Å². The molecule has 1 aromatic rings. The van der Waals surface area contributed by atoms with Crippen LogP contribution in [0.2, 0.25) is 0 Å². The normalized spacial score (nSPS) is 12.2. The summed E-state index contributed by atoms with van der Waals surface area (Å²) in [5.41, 5.74) is 1.23. The van der Waals surface area contributed by atoms with Crippen molar-refractivity contribution >= 4 is 0 Å². The lowest BCUT2D eigenvalue weighted by molar-refractivity contribution is 0.131. The van der Waals surface area contributed by atoms with E-state index in [-0.39, 0.29) is 0 Å². The third-order valence-corrected chi connectivity index (χ3v) is 3.42. The maximum Gasteiger partial charge on any atom is 0.161 e. The summed E-state index contributed by atoms with van der Waals surface area (Å²) < 4.78 is 16.1. The van der Waals surface area contributed by atoms with Gasteiger partial charge >= 0.3 is 0 Å². The lowest BCUT2D eigenvalue weighted by Gasteiger charge is -2.19. The van der Waals surface area contributed by atoms with E-state index in [4.69, 9.17) is 14.2 Å². The van der Waals surface area contributed by atoms with Crippen molar-refractivity contribution in [3.63, 3.8) is 0 Å². The zero-order chi connectivity index (χ0) is 15.5. The largest absolute Gasteiger partial charge is 0.493 e. The van der Waals surface area contributed by atoms with Gasteiger partial charge in [-0.3, -0.25) is 0 Å². The maximum absolute atomic E-state index is 5.49. The predicted molar refractivity (Wildman–Crippen MR) is 86.3 cm³/mol. The average molecular weight is 295 g/mol. The Bertz CT molecular complexity index is 396. The van der Waals surface area contributed by atoms with E-state index in [2.05, 4.69) is 25.2 Å². The fraction of sp³-hybridized carbons (Fsp3) is 0.647. The Morgan fingerprint density at radius 3 is 2.43 bits per heavy atom. The van der Waals surface area contributed by atoms with Crippen LogP contribution in [0.25, 0.3) is 0 Å². The van der Waals surface area contributed by atoms with Gasteiger partial charge in [0.1, 0.15) is 0 Å². The molecule has 21 heavy (non-hydrogen) atoms. The second-order valence-corrected chi connectivity index (χ2v) is 5.00. The summed E-state index contributed by atoms with van der Waals surface area (Å²) >= 11 is 0. The molecule has 0 aliphatic rings. The number of rotatable bonds is 11. The van der Waals surface area contributed by atoms with Crippen LogP contribution >= 0.6 is 0 Å². The minimum atomic E-state index is 0.330. The molecule has 120 valence electrons. The van der Waals surface area contributed by atoms with Gasteiger partial charge in [-0.25, -0.2) is 0 Å². The van der Waals surface area contributed by atoms with Crippen molar-refractivity contribution in [3.8, 4) is 11.5 Å². The van der Waals surface area contributed by atoms with Crippen LogP contribution in [0, 0.1) is 0 Å². The van der Waals surface area contributed by atoms with E-state index in [1.807, 2.05) is 12.1 Å². The first-order valence-electron chi connectivity index (χ1n) is 7.79. The van der Waals surface area contributed by atoms with Crippen molar-refractivity contribution in [2.24, 2.45) is 0 Å². The number of ether oxygens (including phenoxy) is 3. The van der Waals surface area contributed by atoms with E-state index in [0.29, 0.717) is 6.04 Å². The van der Waals surface area contributed by atoms with E-state index >= 15 is 0 Å². The molecule has 1 rings (SSSR count). The quantitative estimate of drug-likeness (QED) is 0.634. The van der Waals surface area contributed by atoms with Crippen LogP contribution in [-0.2, 0) is 4.74 Å². The van der Waals surface area contributed by atoms with Crippen molar-refractivity contribution < 1.29 is 14.2 Å². The van der Waals surface area contributed by atoms with Gasteiger partial charge in [0.05, 0.1) is 14.2 Å². The highest BCUT2D eigenvalue weighted by molar-refractivity contribution is 5.43. The number of hydrogen-bond donors (Lipinski definition) is 1. The first-order chi connectivity index (χ1) is 10.3. The molecule has 0 aliphatic carbocycles. The number of benzene rings is 1. The fourth-order valence-corrected chi connectivity index (χ4v) is 2.26. The molecule has 0 spiro atoms. The summed E-state index contributed by atoms with van der Waals surface area (Å²) in [5, 5.41) is 3.58. The summed E-state index contributed by atoms with van der Waals surface area (Å²) in [6.45, 7) is 6.94. The standard InChI is InChI=1S/C17H29NO3/c1-5-11-21-12-7-10-18-15(6-2)14-8-9-16(19-3)17(13-14)20-4/h8-9,13,15,18H,5-7,10-12H2,1-4H3. The van der Waals surface area contributed by atoms with Crippen molar-refractivity contribution in [2.45, 2.75) is 39.2 Å². The maximum atomic E-state index is 5.49. The summed E-state index contributed by atoms with van der Waals surface area (Å²) in [7, 11) is 3.32. The fourth-order valence-electron chi connectivity index (χ4n) is 2.26. The molecule has 1 N–H and O–H groups in total. The predicted octanol–water partition coefficient (Wildman–Crippen LogP) is 3.56. The molecule has 4 nitrogen and oxygen atoms in total. The topological polar surface area (TPSA) is 39.7 Å². The smallest absolute Gasteiger partial charge is 0.161 e. The second kappa shape index (κ2) is 10.5. The van der Waals surface area contributed by atoms with Gasteiger partial charge in [-0.05, 0) is 43.5 Å². The van der Waals surface area contributed by atoms with Gasteiger partial charge < -0.3 is 19.5 Å². The molecule has 0 radical (unpaired) electrons. The SMILES string of the molecule is CCCOCCCNC(CC)c1ccc(OC)c(OC)c1. The molecule has 1 atom stereocenters. The molecular formula is C17H29NO3. The van der Waals surface area contributed by atoms with E-state index in [1.54, 1.807) is 14.2 Å². The first-order valence-corrected chi connectivity index (χ1v) is 7.79. The highest BCUT2D eigenvalue weighted by Crippen LogP contribution is 2.30. The Hall–Kier alpha value is -1.26. The summed E-state index contributed by atoms with van der Waals surface area (Å²) in [6, 6.07) is 6.43. The molecule has 0 aliphatic heterocycles. The average Bonchev–Trinajstić information content (AvgIpc) is 2.53. The Kier molecular flexibility index (Phi) is 8.87. The van der Waals surface area contributed by atoms with E-state index in [1.165, 1.54) is 5.56 Å². The van der Waals surface area contributed by atoms with Gasteiger partial charge in [0, 0.05) is 19.3 Å². The van der Waals surface area contributed by atoms with E-state index in [9.17, 15) is 0 Å². The lowest BCUT2D eigenvalue weighted by Crippen LogP contribution is -2.23. The minimum Gasteiger partial charge on any atom is -0.493 e. The first kappa shape index (κ1) is 17.8. The number of nitrogens with one attached hydrogen (secondary N) is 1. The molecule has 0 saturated heterocycles. The van der Waals surface area contributed by atoms with Crippen LogP contribution in [0.15, 0.2) is 18.2 Å².